The van der Waals surface area contributed by atoms with Crippen LogP contribution in [-0.2, 0) is 4.79 Å². The summed E-state index contributed by atoms with van der Waals surface area (Å²) in [7, 11) is 0. The summed E-state index contributed by atoms with van der Waals surface area (Å²) in [5.74, 6) is -0.158. The van der Waals surface area contributed by atoms with Crippen LogP contribution >= 0.6 is 0 Å². The van der Waals surface area contributed by atoms with E-state index in [4.69, 9.17) is 4.99 Å². The van der Waals surface area contributed by atoms with Crippen LogP contribution < -0.4 is 0 Å². The van der Waals surface area contributed by atoms with E-state index in [0.29, 0.717) is 35.5 Å². The Hall–Kier alpha value is -4.12. The lowest BCUT2D eigenvalue weighted by atomic mass is 9.73. The van der Waals surface area contributed by atoms with E-state index in [2.05, 4.69) is 10.2 Å². The molecular weight excluding hydrogens is 422 g/mol. The summed E-state index contributed by atoms with van der Waals surface area (Å²) in [6.45, 7) is 4.09. The van der Waals surface area contributed by atoms with Gasteiger partial charge in [-0.05, 0) is 59.9 Å². The van der Waals surface area contributed by atoms with Gasteiger partial charge in [0, 0.05) is 6.42 Å². The lowest BCUT2D eigenvalue weighted by Gasteiger charge is -2.31. The molecule has 0 bridgehead atoms. The Morgan fingerprint density at radius 3 is 2.00 bits per heavy atom. The molecule has 5 nitrogen and oxygen atoms in total. The molecule has 170 valence electrons. The molecule has 4 rings (SSSR count). The molecule has 3 aromatic rings. The zero-order valence-electron chi connectivity index (χ0n) is 19.3. The molecule has 1 aliphatic rings. The van der Waals surface area contributed by atoms with Crippen LogP contribution in [-0.4, -0.2) is 16.6 Å². The fourth-order valence-corrected chi connectivity index (χ4v) is 3.86. The van der Waals surface area contributed by atoms with Crippen molar-refractivity contribution in [1.29, 1.82) is 0 Å². The van der Waals surface area contributed by atoms with Crippen molar-refractivity contribution in [3.63, 3.8) is 0 Å². The number of aliphatic hydroxyl groups is 1. The van der Waals surface area contributed by atoms with E-state index in [1.165, 1.54) is 0 Å². The van der Waals surface area contributed by atoms with Crippen LogP contribution in [0, 0.1) is 5.41 Å². The van der Waals surface area contributed by atoms with E-state index < -0.39 is 0 Å². The number of hydrogen-bond acceptors (Lipinski definition) is 5. The molecule has 0 radical (unpaired) electrons. The minimum atomic E-state index is -0.229. The molecule has 0 unspecified atom stereocenters. The SMILES string of the molecule is CC1(C)CC(=O)/C(=C(O)\C=C\c2ccccc2)C(=Nc2ccc(N=Nc3ccccc3)cc2)C1. The second-order valence-electron chi connectivity index (χ2n) is 9.06. The number of aliphatic hydroxyl groups excluding tert-OH is 1. The van der Waals surface area contributed by atoms with E-state index in [0.717, 1.165) is 11.3 Å². The van der Waals surface area contributed by atoms with Crippen molar-refractivity contribution in [2.24, 2.45) is 20.6 Å². The van der Waals surface area contributed by atoms with Crippen LogP contribution in [0.15, 0.2) is 118 Å². The van der Waals surface area contributed by atoms with Crippen LogP contribution in [0.2, 0.25) is 0 Å². The predicted octanol–water partition coefficient (Wildman–Crippen LogP) is 8.09. The highest BCUT2D eigenvalue weighted by Crippen LogP contribution is 2.36. The molecule has 0 saturated heterocycles. The Balaban J connectivity index is 1.62. The Morgan fingerprint density at radius 2 is 1.35 bits per heavy atom. The Bertz CT molecular complexity index is 1270. The van der Waals surface area contributed by atoms with Crippen molar-refractivity contribution in [3.05, 3.63) is 108 Å². The Morgan fingerprint density at radius 1 is 0.794 bits per heavy atom. The maximum absolute atomic E-state index is 13.0. The van der Waals surface area contributed by atoms with Gasteiger partial charge in [0.2, 0.25) is 0 Å². The Labute approximate surface area is 199 Å². The molecule has 0 spiro atoms. The highest BCUT2D eigenvalue weighted by atomic mass is 16.3. The van der Waals surface area contributed by atoms with Crippen molar-refractivity contribution >= 4 is 34.6 Å². The molecule has 0 aliphatic heterocycles. The zero-order valence-corrected chi connectivity index (χ0v) is 19.3. The number of nitrogens with zero attached hydrogens (tertiary/aromatic N) is 3. The van der Waals surface area contributed by atoms with E-state index in [1.54, 1.807) is 12.2 Å². The highest BCUT2D eigenvalue weighted by Gasteiger charge is 2.36. The smallest absolute Gasteiger partial charge is 0.168 e. The van der Waals surface area contributed by atoms with Crippen LogP contribution in [0.3, 0.4) is 0 Å². The number of rotatable bonds is 5. The topological polar surface area (TPSA) is 74.4 Å². The maximum atomic E-state index is 13.0. The van der Waals surface area contributed by atoms with Gasteiger partial charge in [-0.3, -0.25) is 9.79 Å². The standard InChI is InChI=1S/C29H27N3O2/c1-29(2)19-25(28(27(34)20-29)26(33)18-13-21-9-5-3-6-10-21)30-22-14-16-24(17-15-22)32-31-23-11-7-4-8-12-23/h3-18,33H,19-20H2,1-2H3/b18-13+,28-26+,30-25?,32-31?. The van der Waals surface area contributed by atoms with Gasteiger partial charge in [-0.1, -0.05) is 68.5 Å². The van der Waals surface area contributed by atoms with Crippen molar-refractivity contribution < 1.29 is 9.90 Å². The average Bonchev–Trinajstić information content (AvgIpc) is 2.82. The molecule has 1 aliphatic carbocycles. The minimum absolute atomic E-state index is 0.0589. The fourth-order valence-electron chi connectivity index (χ4n) is 3.86. The van der Waals surface area contributed by atoms with Crippen LogP contribution in [0.1, 0.15) is 32.3 Å². The summed E-state index contributed by atoms with van der Waals surface area (Å²) in [4.78, 5) is 17.7. The molecule has 1 fully saturated rings. The molecule has 3 aromatic carbocycles. The molecule has 1 saturated carbocycles. The van der Waals surface area contributed by atoms with Gasteiger partial charge in [0.1, 0.15) is 5.76 Å². The first kappa shape index (κ1) is 23.1. The second-order valence-corrected chi connectivity index (χ2v) is 9.06. The summed E-state index contributed by atoms with van der Waals surface area (Å²) in [5, 5.41) is 19.3. The highest BCUT2D eigenvalue weighted by molar-refractivity contribution is 6.25. The van der Waals surface area contributed by atoms with Gasteiger partial charge >= 0.3 is 0 Å². The van der Waals surface area contributed by atoms with Crippen LogP contribution in [0.5, 0.6) is 0 Å². The van der Waals surface area contributed by atoms with Crippen molar-refractivity contribution in [2.75, 3.05) is 0 Å². The van der Waals surface area contributed by atoms with Gasteiger partial charge in [0.05, 0.1) is 28.3 Å². The summed E-state index contributed by atoms with van der Waals surface area (Å²) in [5.41, 5.74) is 3.77. The lowest BCUT2D eigenvalue weighted by molar-refractivity contribution is -0.117. The number of benzene rings is 3. The molecule has 0 amide bonds. The van der Waals surface area contributed by atoms with Crippen LogP contribution in [0.4, 0.5) is 17.1 Å². The Kier molecular flexibility index (Phi) is 6.93. The monoisotopic (exact) mass is 449 g/mol. The molecule has 0 heterocycles. The third-order valence-electron chi connectivity index (χ3n) is 5.49. The van der Waals surface area contributed by atoms with Gasteiger partial charge in [-0.25, -0.2) is 0 Å². The number of allylic oxidation sites excluding steroid dienone is 2. The normalized spacial score (nSPS) is 18.6. The molecule has 0 atom stereocenters. The predicted molar refractivity (Wildman–Crippen MR) is 137 cm³/mol. The van der Waals surface area contributed by atoms with Gasteiger partial charge in [0.25, 0.3) is 0 Å². The lowest BCUT2D eigenvalue weighted by Crippen LogP contribution is -2.32. The first-order valence-electron chi connectivity index (χ1n) is 11.2. The van der Waals surface area contributed by atoms with E-state index >= 15 is 0 Å². The summed E-state index contributed by atoms with van der Waals surface area (Å²) in [6.07, 6.45) is 4.32. The number of Topliss-reactive ketones (excluding diaryl/α,β-unsaturated/α-hetero) is 1. The van der Waals surface area contributed by atoms with E-state index in [1.807, 2.05) is 98.8 Å². The molecule has 1 N–H and O–H groups in total. The van der Waals surface area contributed by atoms with Crippen molar-refractivity contribution in [2.45, 2.75) is 26.7 Å². The number of azo groups is 1. The van der Waals surface area contributed by atoms with Gasteiger partial charge < -0.3 is 5.11 Å². The van der Waals surface area contributed by atoms with Gasteiger partial charge in [-0.2, -0.15) is 10.2 Å². The molecular formula is C29H27N3O2. The van der Waals surface area contributed by atoms with Crippen molar-refractivity contribution in [3.8, 4) is 0 Å². The summed E-state index contributed by atoms with van der Waals surface area (Å²) >= 11 is 0. The maximum Gasteiger partial charge on any atom is 0.168 e. The number of aliphatic imine (C=N–C) groups is 1. The van der Waals surface area contributed by atoms with Crippen LogP contribution in [0.25, 0.3) is 6.08 Å². The minimum Gasteiger partial charge on any atom is -0.507 e. The first-order chi connectivity index (χ1) is 16.4. The number of hydrogen-bond donors (Lipinski definition) is 1. The molecule has 34 heavy (non-hydrogen) atoms. The fraction of sp³-hybridized carbons (Fsp3) is 0.172. The quantitative estimate of drug-likeness (QED) is 0.243. The van der Waals surface area contributed by atoms with E-state index in [-0.39, 0.29) is 17.0 Å². The number of carbonyl (C=O) groups is 1. The molecule has 5 heteroatoms. The first-order valence-corrected chi connectivity index (χ1v) is 11.2. The second kappa shape index (κ2) is 10.2. The zero-order chi connectivity index (χ0) is 24.0. The molecule has 0 aromatic heterocycles. The summed E-state index contributed by atoms with van der Waals surface area (Å²) < 4.78 is 0. The van der Waals surface area contributed by atoms with Gasteiger partial charge in [-0.15, -0.1) is 0 Å². The third-order valence-corrected chi connectivity index (χ3v) is 5.49. The van der Waals surface area contributed by atoms with E-state index in [9.17, 15) is 9.90 Å². The summed E-state index contributed by atoms with van der Waals surface area (Å²) in [6, 6.07) is 26.5. The average molecular weight is 450 g/mol. The third kappa shape index (κ3) is 6.01. The number of carbonyl (C=O) groups excluding carboxylic acids is 1. The largest absolute Gasteiger partial charge is 0.507 e. The number of ketones is 1. The van der Waals surface area contributed by atoms with Crippen molar-refractivity contribution in [1.82, 2.24) is 0 Å². The van der Waals surface area contributed by atoms with Gasteiger partial charge in [0.15, 0.2) is 5.78 Å².